The van der Waals surface area contributed by atoms with E-state index < -0.39 is 10.0 Å². The zero-order valence-corrected chi connectivity index (χ0v) is 19.8. The summed E-state index contributed by atoms with van der Waals surface area (Å²) in [5, 5.41) is 8.72. The maximum atomic E-state index is 12.9. The Hall–Kier alpha value is -2.43. The number of benzene rings is 1. The number of aryl methyl sites for hydroxylation is 1. The third-order valence-electron chi connectivity index (χ3n) is 5.04. The highest BCUT2D eigenvalue weighted by molar-refractivity contribution is 7.99. The van der Waals surface area contributed by atoms with Crippen LogP contribution in [0.15, 0.2) is 52.6 Å². The van der Waals surface area contributed by atoms with E-state index in [2.05, 4.69) is 10.2 Å². The zero-order valence-electron chi connectivity index (χ0n) is 18.1. The highest BCUT2D eigenvalue weighted by Gasteiger charge is 2.23. The summed E-state index contributed by atoms with van der Waals surface area (Å²) in [7, 11) is -3.60. The third kappa shape index (κ3) is 4.76. The smallest absolute Gasteiger partial charge is 0.244 e. The van der Waals surface area contributed by atoms with Gasteiger partial charge in [0.25, 0.3) is 0 Å². The van der Waals surface area contributed by atoms with E-state index in [-0.39, 0.29) is 16.6 Å². The number of hydrogen-bond donors (Lipinski definition) is 0. The average molecular weight is 462 g/mol. The van der Waals surface area contributed by atoms with E-state index in [9.17, 15) is 13.2 Å². The van der Waals surface area contributed by atoms with Crippen LogP contribution in [0.5, 0.6) is 0 Å². The lowest BCUT2D eigenvalue weighted by Gasteiger charge is -2.22. The number of sulfonamides is 1. The van der Waals surface area contributed by atoms with E-state index in [4.69, 9.17) is 0 Å². The molecule has 8 nitrogen and oxygen atoms in total. The van der Waals surface area contributed by atoms with Crippen LogP contribution >= 0.6 is 11.8 Å². The number of anilines is 1. The predicted molar refractivity (Wildman–Crippen MR) is 123 cm³/mol. The van der Waals surface area contributed by atoms with E-state index in [1.54, 1.807) is 29.2 Å². The molecule has 0 unspecified atom stereocenters. The van der Waals surface area contributed by atoms with Crippen LogP contribution in [-0.2, 0) is 14.8 Å². The first-order valence-electron chi connectivity index (χ1n) is 10.2. The first-order chi connectivity index (χ1) is 14.8. The lowest BCUT2D eigenvalue weighted by atomic mass is 10.2. The number of thioether (sulfide) groups is 1. The van der Waals surface area contributed by atoms with Crippen molar-refractivity contribution >= 4 is 39.0 Å². The molecule has 0 bridgehead atoms. The fourth-order valence-corrected chi connectivity index (χ4v) is 5.61. The van der Waals surface area contributed by atoms with Gasteiger partial charge in [0.05, 0.1) is 10.6 Å². The predicted octanol–water partition coefficient (Wildman–Crippen LogP) is 3.21. The van der Waals surface area contributed by atoms with Crippen LogP contribution in [-0.4, -0.2) is 58.6 Å². The molecule has 10 heteroatoms. The summed E-state index contributed by atoms with van der Waals surface area (Å²) in [5.74, 6) is 0.112. The van der Waals surface area contributed by atoms with E-state index in [0.717, 1.165) is 11.3 Å². The van der Waals surface area contributed by atoms with Gasteiger partial charge < -0.3 is 4.90 Å². The highest BCUT2D eigenvalue weighted by Crippen LogP contribution is 2.24. The van der Waals surface area contributed by atoms with Crippen molar-refractivity contribution in [3.05, 3.63) is 48.2 Å². The van der Waals surface area contributed by atoms with E-state index in [1.165, 1.54) is 28.3 Å². The molecule has 0 atom stereocenters. The second-order valence-electron chi connectivity index (χ2n) is 6.88. The number of rotatable bonds is 9. The summed E-state index contributed by atoms with van der Waals surface area (Å²) < 4.78 is 28.7. The molecule has 0 N–H and O–H groups in total. The van der Waals surface area contributed by atoms with Crippen LogP contribution < -0.4 is 4.90 Å². The number of pyridine rings is 1. The summed E-state index contributed by atoms with van der Waals surface area (Å²) in [6.07, 6.45) is 1.52. The molecular formula is C21H27N5O3S2. The Balaban J connectivity index is 1.84. The molecule has 0 saturated heterocycles. The number of fused-ring (bicyclic) bond motifs is 1. The van der Waals surface area contributed by atoms with Gasteiger partial charge in [0, 0.05) is 31.5 Å². The minimum Gasteiger partial charge on any atom is -0.312 e. The van der Waals surface area contributed by atoms with Gasteiger partial charge in [0.2, 0.25) is 15.9 Å². The SMILES string of the molecule is CCN(C(=O)CSc1nnc2ccc(S(=O)(=O)N(CC)CC)cn12)c1ccccc1C. The summed E-state index contributed by atoms with van der Waals surface area (Å²) in [5.41, 5.74) is 2.44. The highest BCUT2D eigenvalue weighted by atomic mass is 32.2. The van der Waals surface area contributed by atoms with Gasteiger partial charge in [0.1, 0.15) is 0 Å². The maximum absolute atomic E-state index is 12.9. The Bertz CT molecular complexity index is 1170. The Morgan fingerprint density at radius 1 is 1.03 bits per heavy atom. The third-order valence-corrected chi connectivity index (χ3v) is 8.00. The second kappa shape index (κ2) is 9.80. The Morgan fingerprint density at radius 3 is 2.39 bits per heavy atom. The van der Waals surface area contributed by atoms with Gasteiger partial charge in [-0.1, -0.05) is 43.8 Å². The molecule has 0 aliphatic rings. The van der Waals surface area contributed by atoms with E-state index >= 15 is 0 Å². The quantitative estimate of drug-likeness (QED) is 0.455. The lowest BCUT2D eigenvalue weighted by molar-refractivity contribution is -0.116. The van der Waals surface area contributed by atoms with Crippen LogP contribution in [0.2, 0.25) is 0 Å². The number of amides is 1. The van der Waals surface area contributed by atoms with Crippen molar-refractivity contribution in [2.24, 2.45) is 0 Å². The van der Waals surface area contributed by atoms with Crippen molar-refractivity contribution in [3.8, 4) is 0 Å². The van der Waals surface area contributed by atoms with Gasteiger partial charge in [-0.15, -0.1) is 10.2 Å². The molecule has 3 rings (SSSR count). The molecule has 0 aliphatic carbocycles. The number of para-hydroxylation sites is 1. The topological polar surface area (TPSA) is 87.9 Å². The molecule has 2 aromatic heterocycles. The first-order valence-corrected chi connectivity index (χ1v) is 12.6. The number of hydrogen-bond acceptors (Lipinski definition) is 6. The number of aromatic nitrogens is 3. The number of carbonyl (C=O) groups excluding carboxylic acids is 1. The summed E-state index contributed by atoms with van der Waals surface area (Å²) in [4.78, 5) is 14.8. The molecule has 3 aromatic rings. The molecule has 1 aromatic carbocycles. The number of carbonyl (C=O) groups is 1. The van der Waals surface area contributed by atoms with Crippen molar-refractivity contribution in [1.82, 2.24) is 18.9 Å². The molecule has 0 saturated carbocycles. The Kier molecular flexibility index (Phi) is 7.34. The minimum atomic E-state index is -3.60. The van der Waals surface area contributed by atoms with E-state index in [1.807, 2.05) is 38.1 Å². The first kappa shape index (κ1) is 23.2. The molecule has 31 heavy (non-hydrogen) atoms. The molecule has 0 fully saturated rings. The fraction of sp³-hybridized carbons (Fsp3) is 0.381. The van der Waals surface area contributed by atoms with Gasteiger partial charge in [0.15, 0.2) is 10.8 Å². The standard InChI is InChI=1S/C21H27N5O3S2/c1-5-24(6-2)31(28,29)17-12-13-19-22-23-21(26(19)14-17)30-15-20(27)25(7-3)18-11-9-8-10-16(18)4/h8-14H,5-7,15H2,1-4H3. The van der Waals surface area contributed by atoms with Gasteiger partial charge in [-0.3, -0.25) is 9.20 Å². The van der Waals surface area contributed by atoms with Crippen molar-refractivity contribution in [3.63, 3.8) is 0 Å². The van der Waals surface area contributed by atoms with Crippen molar-refractivity contribution in [1.29, 1.82) is 0 Å². The zero-order chi connectivity index (χ0) is 22.6. The molecule has 166 valence electrons. The fourth-order valence-electron chi connectivity index (χ4n) is 3.37. The van der Waals surface area contributed by atoms with Gasteiger partial charge in [-0.25, -0.2) is 8.42 Å². The number of nitrogens with zero attached hydrogens (tertiary/aromatic N) is 5. The van der Waals surface area contributed by atoms with Crippen LogP contribution in [0, 0.1) is 6.92 Å². The molecule has 0 spiro atoms. The largest absolute Gasteiger partial charge is 0.312 e. The Labute approximate surface area is 187 Å². The molecule has 0 radical (unpaired) electrons. The summed E-state index contributed by atoms with van der Waals surface area (Å²) >= 11 is 1.24. The lowest BCUT2D eigenvalue weighted by Crippen LogP contribution is -2.32. The Morgan fingerprint density at radius 2 is 1.74 bits per heavy atom. The van der Waals surface area contributed by atoms with E-state index in [0.29, 0.717) is 30.4 Å². The van der Waals surface area contributed by atoms with Crippen molar-refractivity contribution in [2.75, 3.05) is 30.3 Å². The van der Waals surface area contributed by atoms with Crippen LogP contribution in [0.25, 0.3) is 5.65 Å². The summed E-state index contributed by atoms with van der Waals surface area (Å²) in [6, 6.07) is 10.9. The maximum Gasteiger partial charge on any atom is 0.244 e. The minimum absolute atomic E-state index is 0.0505. The second-order valence-corrected chi connectivity index (χ2v) is 9.76. The molecule has 1 amide bonds. The average Bonchev–Trinajstić information content (AvgIpc) is 3.17. The van der Waals surface area contributed by atoms with Crippen LogP contribution in [0.4, 0.5) is 5.69 Å². The summed E-state index contributed by atoms with van der Waals surface area (Å²) in [6.45, 7) is 8.85. The van der Waals surface area contributed by atoms with Gasteiger partial charge in [-0.05, 0) is 37.6 Å². The van der Waals surface area contributed by atoms with Crippen LogP contribution in [0.3, 0.4) is 0 Å². The molecule has 2 heterocycles. The van der Waals surface area contributed by atoms with Crippen LogP contribution in [0.1, 0.15) is 26.3 Å². The normalized spacial score (nSPS) is 11.9. The van der Waals surface area contributed by atoms with Crippen molar-refractivity contribution < 1.29 is 13.2 Å². The molecule has 0 aliphatic heterocycles. The van der Waals surface area contributed by atoms with Crippen molar-refractivity contribution in [2.45, 2.75) is 37.7 Å². The van der Waals surface area contributed by atoms with Gasteiger partial charge >= 0.3 is 0 Å². The monoisotopic (exact) mass is 461 g/mol. The van der Waals surface area contributed by atoms with Gasteiger partial charge in [-0.2, -0.15) is 4.31 Å². The molecular weight excluding hydrogens is 434 g/mol.